The Morgan fingerprint density at radius 2 is 2.12 bits per heavy atom. The highest BCUT2D eigenvalue weighted by atomic mass is 32.2. The van der Waals surface area contributed by atoms with Gasteiger partial charge in [-0.2, -0.15) is 5.10 Å². The lowest BCUT2D eigenvalue weighted by Gasteiger charge is -2.22. The summed E-state index contributed by atoms with van der Waals surface area (Å²) in [4.78, 5) is 0.173. The van der Waals surface area contributed by atoms with Crippen molar-refractivity contribution in [2.75, 3.05) is 18.4 Å². The van der Waals surface area contributed by atoms with Crippen molar-refractivity contribution in [3.63, 3.8) is 0 Å². The topological polar surface area (TPSA) is 82.5 Å². The molecule has 8 heteroatoms. The van der Waals surface area contributed by atoms with Crippen LogP contribution in [0.15, 0.2) is 41.6 Å². The molecule has 1 aliphatic heterocycles. The number of aromatic nitrogens is 2. The molecular formula is C16H21N3O4S. The minimum Gasteiger partial charge on any atom is -0.497 e. The van der Waals surface area contributed by atoms with Crippen molar-refractivity contribution in [1.29, 1.82) is 0 Å². The van der Waals surface area contributed by atoms with E-state index in [-0.39, 0.29) is 11.0 Å². The Bertz CT molecular complexity index is 765. The van der Waals surface area contributed by atoms with Crippen molar-refractivity contribution in [1.82, 2.24) is 9.78 Å². The zero-order valence-corrected chi connectivity index (χ0v) is 14.3. The van der Waals surface area contributed by atoms with E-state index in [0.29, 0.717) is 18.0 Å². The van der Waals surface area contributed by atoms with Crippen LogP contribution in [0.5, 0.6) is 5.75 Å². The molecule has 0 saturated carbocycles. The standard InChI is InChI=1S/C16H21N3O4S/c1-22-14-5-7-16(8-6-14)24(20,21)18-13-10-17-19(11-13)12-15-4-2-3-9-23-15/h5-8,10-11,15,18H,2-4,9,12H2,1H3. The molecule has 2 aromatic rings. The fraction of sp³-hybridized carbons (Fsp3) is 0.438. The van der Waals surface area contributed by atoms with Gasteiger partial charge in [-0.25, -0.2) is 8.42 Å². The summed E-state index contributed by atoms with van der Waals surface area (Å²) in [6, 6.07) is 6.22. The first-order valence-corrected chi connectivity index (χ1v) is 9.36. The SMILES string of the molecule is COc1ccc(S(=O)(=O)Nc2cnn(CC3CCCCO3)c2)cc1. The molecule has 1 fully saturated rings. The van der Waals surface area contributed by atoms with Gasteiger partial charge in [0.1, 0.15) is 5.75 Å². The van der Waals surface area contributed by atoms with Crippen LogP contribution in [0, 0.1) is 0 Å². The molecule has 2 heterocycles. The van der Waals surface area contributed by atoms with E-state index < -0.39 is 10.0 Å². The van der Waals surface area contributed by atoms with E-state index in [1.165, 1.54) is 25.4 Å². The van der Waals surface area contributed by atoms with Crippen molar-refractivity contribution in [2.45, 2.75) is 36.8 Å². The second-order valence-electron chi connectivity index (χ2n) is 5.72. The van der Waals surface area contributed by atoms with Crippen LogP contribution in [0.4, 0.5) is 5.69 Å². The number of ether oxygens (including phenoxy) is 2. The molecule has 0 radical (unpaired) electrons. The summed E-state index contributed by atoms with van der Waals surface area (Å²) in [6.07, 6.45) is 6.59. The van der Waals surface area contributed by atoms with Crippen LogP contribution in [-0.4, -0.2) is 38.0 Å². The van der Waals surface area contributed by atoms with Crippen molar-refractivity contribution in [2.24, 2.45) is 0 Å². The Hall–Kier alpha value is -2.06. The average molecular weight is 351 g/mol. The molecule has 1 aromatic carbocycles. The van der Waals surface area contributed by atoms with E-state index in [2.05, 4.69) is 9.82 Å². The van der Waals surface area contributed by atoms with Gasteiger partial charge in [0.2, 0.25) is 0 Å². The van der Waals surface area contributed by atoms with Crippen LogP contribution in [0.25, 0.3) is 0 Å². The number of methoxy groups -OCH3 is 1. The molecule has 1 unspecified atom stereocenters. The van der Waals surface area contributed by atoms with E-state index in [1.54, 1.807) is 23.0 Å². The lowest BCUT2D eigenvalue weighted by Crippen LogP contribution is -2.24. The van der Waals surface area contributed by atoms with Gasteiger partial charge in [-0.05, 0) is 43.5 Å². The van der Waals surface area contributed by atoms with Gasteiger partial charge in [0, 0.05) is 12.8 Å². The summed E-state index contributed by atoms with van der Waals surface area (Å²) in [5.74, 6) is 0.606. The molecule has 24 heavy (non-hydrogen) atoms. The molecule has 0 amide bonds. The maximum atomic E-state index is 12.4. The van der Waals surface area contributed by atoms with Crippen LogP contribution in [0.3, 0.4) is 0 Å². The molecule has 0 bridgehead atoms. The first-order valence-electron chi connectivity index (χ1n) is 7.88. The van der Waals surface area contributed by atoms with Gasteiger partial charge in [0.25, 0.3) is 10.0 Å². The number of sulfonamides is 1. The number of hydrogen-bond donors (Lipinski definition) is 1. The molecule has 1 atom stereocenters. The van der Waals surface area contributed by atoms with E-state index in [9.17, 15) is 8.42 Å². The Morgan fingerprint density at radius 3 is 2.79 bits per heavy atom. The molecule has 0 spiro atoms. The van der Waals surface area contributed by atoms with Gasteiger partial charge in [0.05, 0.1) is 36.5 Å². The van der Waals surface area contributed by atoms with Crippen LogP contribution in [0.2, 0.25) is 0 Å². The lowest BCUT2D eigenvalue weighted by molar-refractivity contribution is 0.00401. The normalized spacial score (nSPS) is 18.3. The first kappa shape index (κ1) is 16.8. The van der Waals surface area contributed by atoms with Crippen LogP contribution in [-0.2, 0) is 21.3 Å². The van der Waals surface area contributed by atoms with Crippen molar-refractivity contribution < 1.29 is 17.9 Å². The molecule has 1 aromatic heterocycles. The number of benzene rings is 1. The largest absolute Gasteiger partial charge is 0.497 e. The molecule has 1 aliphatic rings. The highest BCUT2D eigenvalue weighted by molar-refractivity contribution is 7.92. The van der Waals surface area contributed by atoms with Crippen LogP contribution >= 0.6 is 0 Å². The van der Waals surface area contributed by atoms with Gasteiger partial charge in [-0.15, -0.1) is 0 Å². The van der Waals surface area contributed by atoms with Gasteiger partial charge >= 0.3 is 0 Å². The van der Waals surface area contributed by atoms with Crippen molar-refractivity contribution >= 4 is 15.7 Å². The summed E-state index contributed by atoms with van der Waals surface area (Å²) in [5.41, 5.74) is 0.432. The van der Waals surface area contributed by atoms with E-state index in [1.807, 2.05) is 0 Å². The zero-order valence-electron chi connectivity index (χ0n) is 13.5. The second-order valence-corrected chi connectivity index (χ2v) is 7.40. The molecule has 130 valence electrons. The Balaban J connectivity index is 1.66. The zero-order chi connectivity index (χ0) is 17.0. The molecular weight excluding hydrogens is 330 g/mol. The number of rotatable bonds is 6. The molecule has 7 nitrogen and oxygen atoms in total. The maximum Gasteiger partial charge on any atom is 0.261 e. The first-order chi connectivity index (χ1) is 11.6. The Labute approximate surface area is 141 Å². The summed E-state index contributed by atoms with van der Waals surface area (Å²) in [6.45, 7) is 1.41. The summed E-state index contributed by atoms with van der Waals surface area (Å²) in [5, 5.41) is 4.21. The minimum absolute atomic E-state index is 0.143. The fourth-order valence-electron chi connectivity index (χ4n) is 2.65. The second kappa shape index (κ2) is 7.23. The highest BCUT2D eigenvalue weighted by Crippen LogP contribution is 2.19. The van der Waals surface area contributed by atoms with Gasteiger partial charge < -0.3 is 9.47 Å². The third-order valence-electron chi connectivity index (χ3n) is 3.92. The average Bonchev–Trinajstić information content (AvgIpc) is 3.02. The quantitative estimate of drug-likeness (QED) is 0.863. The highest BCUT2D eigenvalue weighted by Gasteiger charge is 2.17. The molecule has 3 rings (SSSR count). The maximum absolute atomic E-state index is 12.4. The minimum atomic E-state index is -3.65. The Morgan fingerprint density at radius 1 is 1.33 bits per heavy atom. The molecule has 1 N–H and O–H groups in total. The summed E-state index contributed by atoms with van der Waals surface area (Å²) >= 11 is 0. The fourth-order valence-corrected chi connectivity index (χ4v) is 3.67. The van der Waals surface area contributed by atoms with Gasteiger partial charge in [0.15, 0.2) is 0 Å². The smallest absolute Gasteiger partial charge is 0.261 e. The lowest BCUT2D eigenvalue weighted by atomic mass is 10.1. The van der Waals surface area contributed by atoms with Gasteiger partial charge in [-0.3, -0.25) is 9.40 Å². The van der Waals surface area contributed by atoms with Crippen molar-refractivity contribution in [3.8, 4) is 5.75 Å². The van der Waals surface area contributed by atoms with Gasteiger partial charge in [-0.1, -0.05) is 0 Å². The third kappa shape index (κ3) is 4.07. The van der Waals surface area contributed by atoms with E-state index >= 15 is 0 Å². The number of anilines is 1. The number of hydrogen-bond acceptors (Lipinski definition) is 5. The Kier molecular flexibility index (Phi) is 5.06. The molecule has 1 saturated heterocycles. The summed E-state index contributed by atoms with van der Waals surface area (Å²) in [7, 11) is -2.11. The van der Waals surface area contributed by atoms with E-state index in [4.69, 9.17) is 9.47 Å². The van der Waals surface area contributed by atoms with Crippen molar-refractivity contribution in [3.05, 3.63) is 36.7 Å². The predicted octanol–water partition coefficient (Wildman–Crippen LogP) is 2.26. The number of nitrogens with zero attached hydrogens (tertiary/aromatic N) is 2. The monoisotopic (exact) mass is 351 g/mol. The van der Waals surface area contributed by atoms with Crippen LogP contribution in [0.1, 0.15) is 19.3 Å². The third-order valence-corrected chi connectivity index (χ3v) is 5.32. The molecule has 0 aliphatic carbocycles. The number of nitrogens with one attached hydrogen (secondary N) is 1. The van der Waals surface area contributed by atoms with Crippen LogP contribution < -0.4 is 9.46 Å². The predicted molar refractivity (Wildman–Crippen MR) is 89.6 cm³/mol. The van der Waals surface area contributed by atoms with E-state index in [0.717, 1.165) is 25.9 Å². The summed E-state index contributed by atoms with van der Waals surface area (Å²) < 4.78 is 39.7.